The fraction of sp³-hybridized carbons (Fsp3) is 0.0909. The van der Waals surface area contributed by atoms with Gasteiger partial charge in [0.1, 0.15) is 11.3 Å². The van der Waals surface area contributed by atoms with E-state index in [2.05, 4.69) is 15.3 Å². The van der Waals surface area contributed by atoms with Crippen LogP contribution in [0, 0.1) is 6.92 Å². The van der Waals surface area contributed by atoms with E-state index in [0.29, 0.717) is 21.9 Å². The number of halogens is 1. The second-order valence-electron chi connectivity index (χ2n) is 6.83. The zero-order valence-corrected chi connectivity index (χ0v) is 17.0. The Morgan fingerprint density at radius 2 is 1.70 bits per heavy atom. The Labute approximate surface area is 176 Å². The first-order chi connectivity index (χ1) is 14.6. The van der Waals surface area contributed by atoms with Crippen LogP contribution in [0.4, 0.5) is 0 Å². The van der Waals surface area contributed by atoms with Crippen LogP contribution >= 0.6 is 11.6 Å². The summed E-state index contributed by atoms with van der Waals surface area (Å²) in [5.74, 6) is 0.718. The zero-order valence-electron chi connectivity index (χ0n) is 16.2. The minimum Gasteiger partial charge on any atom is -0.497 e. The molecule has 5 rings (SSSR count). The molecule has 0 radical (unpaired) electrons. The molecule has 0 saturated carbocycles. The van der Waals surface area contributed by atoms with Gasteiger partial charge in [0, 0.05) is 16.9 Å². The molecule has 0 N–H and O–H groups in total. The second kappa shape index (κ2) is 6.96. The van der Waals surface area contributed by atoms with Gasteiger partial charge in [0.2, 0.25) is 0 Å². The molecule has 3 aromatic heterocycles. The monoisotopic (exact) mass is 417 g/mol. The summed E-state index contributed by atoms with van der Waals surface area (Å²) in [5, 5.41) is 13.9. The van der Waals surface area contributed by atoms with Gasteiger partial charge in [-0.3, -0.25) is 9.36 Å². The summed E-state index contributed by atoms with van der Waals surface area (Å²) in [6, 6.07) is 16.5. The van der Waals surface area contributed by atoms with Crippen molar-refractivity contribution >= 4 is 28.3 Å². The number of fused-ring (bicyclic) bond motifs is 3. The third-order valence-electron chi connectivity index (χ3n) is 5.04. The van der Waals surface area contributed by atoms with Crippen molar-refractivity contribution in [1.29, 1.82) is 0 Å². The molecule has 8 heteroatoms. The fourth-order valence-corrected chi connectivity index (χ4v) is 3.68. The zero-order chi connectivity index (χ0) is 20.8. The summed E-state index contributed by atoms with van der Waals surface area (Å²) in [6.45, 7) is 1.91. The molecule has 0 atom stereocenters. The maximum Gasteiger partial charge on any atom is 0.285 e. The van der Waals surface area contributed by atoms with Crippen LogP contribution < -0.4 is 10.3 Å². The van der Waals surface area contributed by atoms with Crippen LogP contribution in [0.15, 0.2) is 65.6 Å². The number of aryl methyl sites for hydroxylation is 1. The number of rotatable bonds is 3. The van der Waals surface area contributed by atoms with Crippen molar-refractivity contribution in [3.8, 4) is 22.6 Å². The predicted molar refractivity (Wildman–Crippen MR) is 116 cm³/mol. The molecule has 30 heavy (non-hydrogen) atoms. The lowest BCUT2D eigenvalue weighted by Gasteiger charge is -2.08. The molecule has 148 valence electrons. The molecule has 3 heterocycles. The predicted octanol–water partition coefficient (Wildman–Crippen LogP) is 4.07. The number of nitrogens with zero attached hydrogens (tertiary/aromatic N) is 5. The maximum absolute atomic E-state index is 13.1. The number of aromatic nitrogens is 5. The fourth-order valence-electron chi connectivity index (χ4n) is 3.55. The first kappa shape index (κ1) is 18.3. The van der Waals surface area contributed by atoms with Crippen molar-refractivity contribution in [3.63, 3.8) is 0 Å². The van der Waals surface area contributed by atoms with Crippen molar-refractivity contribution < 1.29 is 4.74 Å². The highest BCUT2D eigenvalue weighted by atomic mass is 35.5. The van der Waals surface area contributed by atoms with Crippen molar-refractivity contribution in [2.75, 3.05) is 7.11 Å². The molecule has 0 aliphatic rings. The van der Waals surface area contributed by atoms with Gasteiger partial charge in [-0.15, -0.1) is 10.2 Å². The number of hydrogen-bond donors (Lipinski definition) is 0. The van der Waals surface area contributed by atoms with E-state index in [-0.39, 0.29) is 11.1 Å². The van der Waals surface area contributed by atoms with Crippen molar-refractivity contribution in [2.24, 2.45) is 0 Å². The molecule has 0 spiro atoms. The van der Waals surface area contributed by atoms with Crippen LogP contribution in [0.1, 0.15) is 5.69 Å². The van der Waals surface area contributed by atoms with E-state index in [0.717, 1.165) is 22.6 Å². The summed E-state index contributed by atoms with van der Waals surface area (Å²) in [7, 11) is 1.60. The largest absolute Gasteiger partial charge is 0.497 e. The minimum atomic E-state index is -0.270. The van der Waals surface area contributed by atoms with Crippen LogP contribution in [0.2, 0.25) is 5.02 Å². The smallest absolute Gasteiger partial charge is 0.285 e. The second-order valence-corrected chi connectivity index (χ2v) is 7.26. The summed E-state index contributed by atoms with van der Waals surface area (Å²) in [6.07, 6.45) is 1.71. The van der Waals surface area contributed by atoms with Gasteiger partial charge in [-0.25, -0.2) is 4.52 Å². The van der Waals surface area contributed by atoms with Crippen molar-refractivity contribution in [2.45, 2.75) is 6.92 Å². The number of methoxy groups -OCH3 is 1. The lowest BCUT2D eigenvalue weighted by molar-refractivity contribution is 0.414. The number of benzene rings is 2. The molecule has 0 unspecified atom stereocenters. The molecular formula is C22H16ClN5O2. The number of pyridine rings is 1. The Hall–Kier alpha value is -3.71. The highest BCUT2D eigenvalue weighted by Crippen LogP contribution is 2.29. The van der Waals surface area contributed by atoms with Gasteiger partial charge < -0.3 is 4.74 Å². The van der Waals surface area contributed by atoms with E-state index in [1.165, 1.54) is 4.57 Å². The highest BCUT2D eigenvalue weighted by Gasteiger charge is 2.17. The molecule has 0 bridgehead atoms. The Kier molecular flexibility index (Phi) is 4.25. The van der Waals surface area contributed by atoms with Crippen LogP contribution in [0.5, 0.6) is 5.75 Å². The van der Waals surface area contributed by atoms with Gasteiger partial charge in [-0.1, -0.05) is 23.7 Å². The first-order valence-corrected chi connectivity index (χ1v) is 9.62. The number of ether oxygens (including phenoxy) is 1. The average molecular weight is 418 g/mol. The number of hydrogen-bond acceptors (Lipinski definition) is 5. The molecule has 2 aromatic carbocycles. The van der Waals surface area contributed by atoms with Gasteiger partial charge in [0.25, 0.3) is 5.56 Å². The van der Waals surface area contributed by atoms with E-state index in [1.807, 2.05) is 49.4 Å². The van der Waals surface area contributed by atoms with Gasteiger partial charge in [-0.05, 0) is 55.0 Å². The highest BCUT2D eigenvalue weighted by molar-refractivity contribution is 6.30. The standard InChI is InChI=1S/C22H16ClN5O2/c1-13-19(14-3-5-15(23)6-4-14)21-25-24-20-18(28(21)26-13)11-12-27(22(20)29)16-7-9-17(30-2)10-8-16/h3-12H,1-2H3. The van der Waals surface area contributed by atoms with E-state index < -0.39 is 0 Å². The molecule has 0 aliphatic carbocycles. The van der Waals surface area contributed by atoms with Crippen LogP contribution in [0.25, 0.3) is 33.5 Å². The minimum absolute atomic E-state index is 0.242. The molecule has 5 aromatic rings. The van der Waals surface area contributed by atoms with Crippen molar-refractivity contribution in [3.05, 3.63) is 81.9 Å². The molecule has 0 aliphatic heterocycles. The van der Waals surface area contributed by atoms with Gasteiger partial charge in [0.05, 0.1) is 18.4 Å². The summed E-state index contributed by atoms with van der Waals surface area (Å²) in [5.41, 5.74) is 4.45. The summed E-state index contributed by atoms with van der Waals surface area (Å²) in [4.78, 5) is 13.1. The molecule has 0 saturated heterocycles. The maximum atomic E-state index is 13.1. The van der Waals surface area contributed by atoms with Gasteiger partial charge in [-0.2, -0.15) is 5.10 Å². The topological polar surface area (TPSA) is 74.3 Å². The SMILES string of the molecule is COc1ccc(-n2ccc3c(nnc4c(-c5ccc(Cl)cc5)c(C)nn43)c2=O)cc1. The Balaban J connectivity index is 1.71. The lowest BCUT2D eigenvalue weighted by Crippen LogP contribution is -2.20. The Morgan fingerprint density at radius 1 is 0.967 bits per heavy atom. The van der Waals surface area contributed by atoms with Gasteiger partial charge in [0.15, 0.2) is 11.2 Å². The Morgan fingerprint density at radius 3 is 2.40 bits per heavy atom. The summed E-state index contributed by atoms with van der Waals surface area (Å²) >= 11 is 6.02. The molecular weight excluding hydrogens is 402 g/mol. The molecule has 0 fully saturated rings. The van der Waals surface area contributed by atoms with E-state index >= 15 is 0 Å². The van der Waals surface area contributed by atoms with Crippen LogP contribution in [-0.4, -0.2) is 31.5 Å². The first-order valence-electron chi connectivity index (χ1n) is 9.24. The van der Waals surface area contributed by atoms with Gasteiger partial charge >= 0.3 is 0 Å². The van der Waals surface area contributed by atoms with E-state index in [4.69, 9.17) is 16.3 Å². The third-order valence-corrected chi connectivity index (χ3v) is 5.29. The van der Waals surface area contributed by atoms with E-state index in [9.17, 15) is 4.79 Å². The summed E-state index contributed by atoms with van der Waals surface area (Å²) < 4.78 is 8.38. The van der Waals surface area contributed by atoms with Crippen LogP contribution in [-0.2, 0) is 0 Å². The quantitative estimate of drug-likeness (QED) is 0.442. The molecule has 0 amide bonds. The van der Waals surface area contributed by atoms with E-state index in [1.54, 1.807) is 30.0 Å². The third kappa shape index (κ3) is 2.83. The lowest BCUT2D eigenvalue weighted by atomic mass is 10.1. The normalized spacial score (nSPS) is 11.3. The molecule has 7 nitrogen and oxygen atoms in total. The Bertz CT molecular complexity index is 1450. The average Bonchev–Trinajstić information content (AvgIpc) is 3.11. The van der Waals surface area contributed by atoms with Crippen LogP contribution in [0.3, 0.4) is 0 Å². The van der Waals surface area contributed by atoms with Crippen molar-refractivity contribution in [1.82, 2.24) is 24.4 Å².